The van der Waals surface area contributed by atoms with E-state index in [0.717, 1.165) is 47.2 Å². The number of hydrogen-bond acceptors (Lipinski definition) is 5. The Morgan fingerprint density at radius 1 is 1.12 bits per heavy atom. The van der Waals surface area contributed by atoms with Gasteiger partial charge in [0.15, 0.2) is 5.65 Å². The average Bonchev–Trinajstić information content (AvgIpc) is 3.10. The summed E-state index contributed by atoms with van der Waals surface area (Å²) < 4.78 is 1.89. The molecule has 1 aromatic carbocycles. The molecule has 1 saturated heterocycles. The summed E-state index contributed by atoms with van der Waals surface area (Å²) in [4.78, 5) is 8.65. The van der Waals surface area contributed by atoms with E-state index < -0.39 is 0 Å². The molecule has 26 heavy (non-hydrogen) atoms. The number of halogens is 2. The predicted octanol–water partition coefficient (Wildman–Crippen LogP) is 4.50. The second-order valence-electron chi connectivity index (χ2n) is 6.85. The molecule has 2 aromatic heterocycles. The second-order valence-corrected chi connectivity index (χ2v) is 8.72. The van der Waals surface area contributed by atoms with Crippen LogP contribution in [0.3, 0.4) is 0 Å². The number of hydrogen-bond donors (Lipinski definition) is 1. The van der Waals surface area contributed by atoms with Crippen LogP contribution in [0.15, 0.2) is 46.5 Å². The van der Waals surface area contributed by atoms with Gasteiger partial charge in [-0.2, -0.15) is 9.61 Å². The quantitative estimate of drug-likeness (QED) is 0.691. The fourth-order valence-electron chi connectivity index (χ4n) is 3.12. The summed E-state index contributed by atoms with van der Waals surface area (Å²) in [5.74, 6) is 1.04. The minimum Gasteiger partial charge on any atom is -0.356 e. The number of fused-ring (bicyclic) bond motifs is 1. The molecule has 5 nitrogen and oxygen atoms in total. The van der Waals surface area contributed by atoms with Crippen LogP contribution >= 0.6 is 35.0 Å². The van der Waals surface area contributed by atoms with Crippen molar-refractivity contribution in [3.63, 3.8) is 0 Å². The Kier molecular flexibility index (Phi) is 4.77. The van der Waals surface area contributed by atoms with Crippen molar-refractivity contribution in [2.24, 2.45) is 5.73 Å². The maximum Gasteiger partial charge on any atom is 0.171 e. The van der Waals surface area contributed by atoms with E-state index in [1.807, 2.05) is 16.6 Å². The van der Waals surface area contributed by atoms with Gasteiger partial charge in [0.1, 0.15) is 12.1 Å². The van der Waals surface area contributed by atoms with Gasteiger partial charge in [0.25, 0.3) is 0 Å². The van der Waals surface area contributed by atoms with E-state index in [4.69, 9.17) is 28.9 Å². The molecule has 0 spiro atoms. The average molecular weight is 408 g/mol. The van der Waals surface area contributed by atoms with Crippen LogP contribution in [0.2, 0.25) is 10.0 Å². The number of aromatic nitrogens is 3. The summed E-state index contributed by atoms with van der Waals surface area (Å²) in [6, 6.07) is 9.78. The lowest BCUT2D eigenvalue weighted by molar-refractivity contribution is 0.362. The summed E-state index contributed by atoms with van der Waals surface area (Å²) in [5.41, 5.74) is 6.98. The second kappa shape index (κ2) is 6.93. The third-order valence-corrected chi connectivity index (χ3v) is 6.76. The minimum atomic E-state index is -0.0862. The molecule has 1 aliphatic heterocycles. The zero-order valence-corrected chi connectivity index (χ0v) is 16.7. The maximum absolute atomic E-state index is 6.33. The lowest BCUT2D eigenvalue weighted by atomic mass is 9.91. The first-order chi connectivity index (χ1) is 12.4. The molecule has 1 fully saturated rings. The van der Waals surface area contributed by atoms with Gasteiger partial charge in [-0.15, -0.1) is 0 Å². The maximum atomic E-state index is 6.33. The van der Waals surface area contributed by atoms with E-state index in [-0.39, 0.29) is 5.54 Å². The van der Waals surface area contributed by atoms with Crippen LogP contribution < -0.4 is 10.6 Å². The zero-order chi connectivity index (χ0) is 18.3. The predicted molar refractivity (Wildman–Crippen MR) is 108 cm³/mol. The molecule has 0 bridgehead atoms. The van der Waals surface area contributed by atoms with Crippen molar-refractivity contribution in [3.05, 3.63) is 46.7 Å². The molecule has 2 N–H and O–H groups in total. The number of pyridine rings is 1. The zero-order valence-electron chi connectivity index (χ0n) is 14.3. The number of anilines is 1. The number of rotatable bonds is 3. The van der Waals surface area contributed by atoms with Crippen LogP contribution in [-0.2, 0) is 0 Å². The van der Waals surface area contributed by atoms with Crippen LogP contribution in [-0.4, -0.2) is 33.2 Å². The van der Waals surface area contributed by atoms with Gasteiger partial charge in [-0.05, 0) is 44.0 Å². The SMILES string of the molecule is CC1(N)CCN(c2ccc(Sc3cccc(Cl)c3Cl)c3ncnn23)CC1. The Bertz CT molecular complexity index is 946. The number of nitrogens with zero attached hydrogens (tertiary/aromatic N) is 4. The third-order valence-electron chi connectivity index (χ3n) is 4.73. The first-order valence-electron chi connectivity index (χ1n) is 8.43. The molecule has 0 atom stereocenters. The molecule has 3 heterocycles. The molecule has 0 amide bonds. The number of nitrogens with two attached hydrogens (primary N) is 1. The van der Waals surface area contributed by atoms with Crippen molar-refractivity contribution >= 4 is 46.4 Å². The van der Waals surface area contributed by atoms with Crippen LogP contribution in [0.1, 0.15) is 19.8 Å². The monoisotopic (exact) mass is 407 g/mol. The molecule has 8 heteroatoms. The highest BCUT2D eigenvalue weighted by Gasteiger charge is 2.27. The summed E-state index contributed by atoms with van der Waals surface area (Å²) in [6.07, 6.45) is 3.50. The summed E-state index contributed by atoms with van der Waals surface area (Å²) in [6.45, 7) is 3.94. The van der Waals surface area contributed by atoms with Gasteiger partial charge in [0, 0.05) is 23.5 Å². The van der Waals surface area contributed by atoms with Gasteiger partial charge < -0.3 is 10.6 Å². The van der Waals surface area contributed by atoms with Gasteiger partial charge in [0.05, 0.1) is 14.9 Å². The fraction of sp³-hybridized carbons (Fsp3) is 0.333. The molecule has 3 aromatic rings. The highest BCUT2D eigenvalue weighted by molar-refractivity contribution is 7.99. The van der Waals surface area contributed by atoms with Crippen LogP contribution in [0, 0.1) is 0 Å². The Balaban J connectivity index is 1.67. The van der Waals surface area contributed by atoms with E-state index in [1.54, 1.807) is 12.4 Å². The van der Waals surface area contributed by atoms with Crippen molar-refractivity contribution in [3.8, 4) is 0 Å². The van der Waals surface area contributed by atoms with E-state index in [2.05, 4.69) is 34.0 Å². The molecule has 4 rings (SSSR count). The van der Waals surface area contributed by atoms with Crippen molar-refractivity contribution in [2.75, 3.05) is 18.0 Å². The lowest BCUT2D eigenvalue weighted by Gasteiger charge is -2.37. The van der Waals surface area contributed by atoms with Gasteiger partial charge in [-0.25, -0.2) is 4.98 Å². The first-order valence-corrected chi connectivity index (χ1v) is 10.0. The van der Waals surface area contributed by atoms with E-state index in [1.165, 1.54) is 11.8 Å². The van der Waals surface area contributed by atoms with Crippen molar-refractivity contribution in [2.45, 2.75) is 35.1 Å². The molecular weight excluding hydrogens is 389 g/mol. The molecule has 0 aliphatic carbocycles. The van der Waals surface area contributed by atoms with Crippen molar-refractivity contribution in [1.29, 1.82) is 0 Å². The van der Waals surface area contributed by atoms with Crippen LogP contribution in [0.25, 0.3) is 5.65 Å². The third kappa shape index (κ3) is 3.39. The molecule has 0 radical (unpaired) electrons. The first kappa shape index (κ1) is 17.9. The summed E-state index contributed by atoms with van der Waals surface area (Å²) >= 11 is 14.0. The number of piperidine rings is 1. The Morgan fingerprint density at radius 3 is 2.65 bits per heavy atom. The van der Waals surface area contributed by atoms with Gasteiger partial charge in [0.2, 0.25) is 0 Å². The fourth-order valence-corrected chi connectivity index (χ4v) is 4.54. The van der Waals surface area contributed by atoms with E-state index in [0.29, 0.717) is 10.0 Å². The molecule has 0 unspecified atom stereocenters. The highest BCUT2D eigenvalue weighted by Crippen LogP contribution is 2.39. The van der Waals surface area contributed by atoms with Gasteiger partial charge in [-0.3, -0.25) is 0 Å². The standard InChI is InChI=1S/C18H19Cl2N5S/c1-18(21)7-9-24(10-8-18)15-6-5-14(17-22-11-23-25(15)17)26-13-4-2-3-12(19)16(13)20/h2-6,11H,7-10,21H2,1H3. The van der Waals surface area contributed by atoms with Crippen molar-refractivity contribution in [1.82, 2.24) is 14.6 Å². The van der Waals surface area contributed by atoms with Crippen LogP contribution in [0.4, 0.5) is 5.82 Å². The Hall–Kier alpha value is -1.47. The smallest absolute Gasteiger partial charge is 0.171 e. The summed E-state index contributed by atoms with van der Waals surface area (Å²) in [5, 5.41) is 5.53. The minimum absolute atomic E-state index is 0.0862. The number of benzene rings is 1. The van der Waals surface area contributed by atoms with E-state index in [9.17, 15) is 0 Å². The molecule has 136 valence electrons. The topological polar surface area (TPSA) is 59.5 Å². The van der Waals surface area contributed by atoms with Gasteiger partial charge >= 0.3 is 0 Å². The molecule has 0 saturated carbocycles. The summed E-state index contributed by atoms with van der Waals surface area (Å²) in [7, 11) is 0. The van der Waals surface area contributed by atoms with E-state index >= 15 is 0 Å². The largest absolute Gasteiger partial charge is 0.356 e. The normalized spacial score (nSPS) is 17.0. The molecular formula is C18H19Cl2N5S. The highest BCUT2D eigenvalue weighted by atomic mass is 35.5. The lowest BCUT2D eigenvalue weighted by Crippen LogP contribution is -2.48. The Labute approximate surface area is 166 Å². The van der Waals surface area contributed by atoms with Gasteiger partial charge in [-0.1, -0.05) is 41.0 Å². The van der Waals surface area contributed by atoms with Crippen LogP contribution in [0.5, 0.6) is 0 Å². The van der Waals surface area contributed by atoms with Crippen molar-refractivity contribution < 1.29 is 0 Å². The molecule has 1 aliphatic rings. The Morgan fingerprint density at radius 2 is 1.88 bits per heavy atom.